The zero-order valence-corrected chi connectivity index (χ0v) is 15.7. The summed E-state index contributed by atoms with van der Waals surface area (Å²) in [6.07, 6.45) is 4.55. The second kappa shape index (κ2) is 7.14. The van der Waals surface area contributed by atoms with Crippen LogP contribution >= 0.6 is 0 Å². The van der Waals surface area contributed by atoms with Gasteiger partial charge in [-0.3, -0.25) is 11.1 Å². The molecule has 0 radical (unpaired) electrons. The van der Waals surface area contributed by atoms with E-state index in [-0.39, 0.29) is 23.3 Å². The SMILES string of the molecule is C[C@@H]1CCCC[C@H]1Oc1cccc(-c2nc3cc(C(N)=[NH2+])c(F)cc3[nH]2)c1O. The number of imidazole rings is 1. The Hall–Kier alpha value is -3.09. The monoisotopic (exact) mass is 383 g/mol. The molecule has 0 unspecified atom stereocenters. The molecule has 7 heteroatoms. The number of H-pyrrole nitrogens is 1. The van der Waals surface area contributed by atoms with E-state index in [0.29, 0.717) is 34.1 Å². The molecule has 6 nitrogen and oxygen atoms in total. The van der Waals surface area contributed by atoms with Gasteiger partial charge in [0.05, 0.1) is 16.6 Å². The Bertz CT molecular complexity index is 1050. The molecule has 0 aliphatic heterocycles. The largest absolute Gasteiger partial charge is 0.504 e. The van der Waals surface area contributed by atoms with E-state index in [4.69, 9.17) is 15.9 Å². The maximum atomic E-state index is 14.1. The van der Waals surface area contributed by atoms with Gasteiger partial charge in [-0.1, -0.05) is 19.4 Å². The Morgan fingerprint density at radius 1 is 1.32 bits per heavy atom. The summed E-state index contributed by atoms with van der Waals surface area (Å²) in [4.78, 5) is 7.51. The number of hydrogen-bond donors (Lipinski definition) is 4. The lowest BCUT2D eigenvalue weighted by Crippen LogP contribution is -2.46. The molecule has 3 aromatic rings. The predicted molar refractivity (Wildman–Crippen MR) is 105 cm³/mol. The topological polar surface area (TPSA) is 110 Å². The minimum Gasteiger partial charge on any atom is -0.504 e. The number of amidine groups is 1. The third-order valence-electron chi connectivity index (χ3n) is 5.45. The molecular weight excluding hydrogens is 359 g/mol. The highest BCUT2D eigenvalue weighted by Crippen LogP contribution is 2.39. The number of phenols is 1. The number of hydrogen-bond acceptors (Lipinski definition) is 3. The zero-order valence-electron chi connectivity index (χ0n) is 15.7. The van der Waals surface area contributed by atoms with Gasteiger partial charge in [-0.15, -0.1) is 0 Å². The standard InChI is InChI=1S/C21H23FN4O2/c1-11-5-2-3-7-17(11)28-18-8-4-6-12(19(18)27)21-25-15-9-13(20(23)24)14(22)10-16(15)26-21/h4,6,8-11,17,27H,2-3,5,7H2,1H3,(H3,23,24)(H,25,26)/p+1/t11-,17-/m1/s1. The van der Waals surface area contributed by atoms with Crippen molar-refractivity contribution in [3.05, 3.63) is 41.7 Å². The second-order valence-electron chi connectivity index (χ2n) is 7.46. The number of nitrogens with zero attached hydrogens (tertiary/aromatic N) is 1. The van der Waals surface area contributed by atoms with Crippen molar-refractivity contribution in [3.63, 3.8) is 0 Å². The van der Waals surface area contributed by atoms with Crippen molar-refractivity contribution >= 4 is 16.9 Å². The van der Waals surface area contributed by atoms with Crippen LogP contribution in [0.3, 0.4) is 0 Å². The number of para-hydroxylation sites is 1. The number of aromatic nitrogens is 2. The second-order valence-corrected chi connectivity index (χ2v) is 7.46. The minimum absolute atomic E-state index is 0.0185. The average Bonchev–Trinajstić information content (AvgIpc) is 3.06. The van der Waals surface area contributed by atoms with Crippen LogP contribution in [0.4, 0.5) is 4.39 Å². The first kappa shape index (κ1) is 18.3. The van der Waals surface area contributed by atoms with Gasteiger partial charge in [0, 0.05) is 6.07 Å². The number of nitrogens with one attached hydrogen (secondary N) is 1. The fourth-order valence-corrected chi connectivity index (χ4v) is 3.81. The fourth-order valence-electron chi connectivity index (χ4n) is 3.81. The Morgan fingerprint density at radius 3 is 2.86 bits per heavy atom. The van der Waals surface area contributed by atoms with Crippen LogP contribution in [0.15, 0.2) is 30.3 Å². The molecule has 2 aromatic carbocycles. The minimum atomic E-state index is -0.532. The molecule has 1 heterocycles. The molecule has 6 N–H and O–H groups in total. The Balaban J connectivity index is 1.70. The molecule has 1 aliphatic carbocycles. The summed E-state index contributed by atoms with van der Waals surface area (Å²) in [5.41, 5.74) is 7.12. The Labute approximate surface area is 162 Å². The fraction of sp³-hybridized carbons (Fsp3) is 0.333. The van der Waals surface area contributed by atoms with E-state index in [1.165, 1.54) is 18.6 Å². The smallest absolute Gasteiger partial charge is 0.273 e. The average molecular weight is 383 g/mol. The van der Waals surface area contributed by atoms with E-state index in [1.807, 2.05) is 6.07 Å². The van der Waals surface area contributed by atoms with E-state index >= 15 is 0 Å². The van der Waals surface area contributed by atoms with Crippen molar-refractivity contribution in [2.75, 3.05) is 0 Å². The van der Waals surface area contributed by atoms with Crippen molar-refractivity contribution in [2.24, 2.45) is 11.7 Å². The molecule has 0 spiro atoms. The van der Waals surface area contributed by atoms with E-state index in [0.717, 1.165) is 19.3 Å². The number of nitrogens with two attached hydrogens (primary N) is 2. The number of aromatic hydroxyl groups is 1. The quantitative estimate of drug-likeness (QED) is 0.410. The van der Waals surface area contributed by atoms with Crippen molar-refractivity contribution in [3.8, 4) is 22.9 Å². The molecule has 0 bridgehead atoms. The van der Waals surface area contributed by atoms with Crippen LogP contribution in [0, 0.1) is 11.7 Å². The van der Waals surface area contributed by atoms with Crippen molar-refractivity contribution in [2.45, 2.75) is 38.7 Å². The van der Waals surface area contributed by atoms with E-state index in [2.05, 4.69) is 16.9 Å². The van der Waals surface area contributed by atoms with Gasteiger partial charge in [0.25, 0.3) is 5.84 Å². The van der Waals surface area contributed by atoms with Crippen LogP contribution in [0.25, 0.3) is 22.4 Å². The Morgan fingerprint density at radius 2 is 2.11 bits per heavy atom. The van der Waals surface area contributed by atoms with E-state index in [1.54, 1.807) is 12.1 Å². The molecule has 0 amide bonds. The van der Waals surface area contributed by atoms with E-state index in [9.17, 15) is 9.50 Å². The zero-order chi connectivity index (χ0) is 19.8. The molecule has 2 atom stereocenters. The number of aromatic amines is 1. The molecule has 1 saturated carbocycles. The molecule has 4 rings (SSSR count). The first-order valence-corrected chi connectivity index (χ1v) is 9.50. The maximum Gasteiger partial charge on any atom is 0.273 e. The first-order chi connectivity index (χ1) is 13.4. The van der Waals surface area contributed by atoms with E-state index < -0.39 is 5.82 Å². The normalized spacial score (nSPS) is 19.6. The number of benzene rings is 2. The van der Waals surface area contributed by atoms with Crippen molar-refractivity contribution < 1.29 is 19.6 Å². The van der Waals surface area contributed by atoms with Gasteiger partial charge >= 0.3 is 0 Å². The third kappa shape index (κ3) is 3.28. The van der Waals surface area contributed by atoms with Crippen molar-refractivity contribution in [1.82, 2.24) is 9.97 Å². The van der Waals surface area contributed by atoms with Gasteiger partial charge in [-0.2, -0.15) is 0 Å². The van der Waals surface area contributed by atoms with Crippen molar-refractivity contribution in [1.29, 1.82) is 0 Å². The predicted octanol–water partition coefficient (Wildman–Crippen LogP) is 2.50. The summed E-state index contributed by atoms with van der Waals surface area (Å²) >= 11 is 0. The summed E-state index contributed by atoms with van der Waals surface area (Å²) in [7, 11) is 0. The summed E-state index contributed by atoms with van der Waals surface area (Å²) < 4.78 is 20.2. The first-order valence-electron chi connectivity index (χ1n) is 9.50. The number of fused-ring (bicyclic) bond motifs is 1. The van der Waals surface area contributed by atoms with Gasteiger partial charge in [0.1, 0.15) is 23.3 Å². The highest BCUT2D eigenvalue weighted by Gasteiger charge is 2.25. The van der Waals surface area contributed by atoms with Crippen LogP contribution in [-0.2, 0) is 0 Å². The van der Waals surface area contributed by atoms with Gasteiger partial charge in [0.15, 0.2) is 11.5 Å². The van der Waals surface area contributed by atoms with Crippen LogP contribution in [0.2, 0.25) is 0 Å². The summed E-state index contributed by atoms with van der Waals surface area (Å²) in [6.45, 7) is 2.18. The molecule has 1 aliphatic rings. The van der Waals surface area contributed by atoms with Gasteiger partial charge in [-0.25, -0.2) is 9.37 Å². The van der Waals surface area contributed by atoms with Gasteiger partial charge in [0.2, 0.25) is 0 Å². The van der Waals surface area contributed by atoms with Gasteiger partial charge in [-0.05, 0) is 43.4 Å². The maximum absolute atomic E-state index is 14.1. The molecular formula is C21H24FN4O2+. The van der Waals surface area contributed by atoms with Crippen LogP contribution in [0.1, 0.15) is 38.2 Å². The molecule has 1 fully saturated rings. The third-order valence-corrected chi connectivity index (χ3v) is 5.45. The lowest BCUT2D eigenvalue weighted by atomic mass is 9.88. The molecule has 1 aromatic heterocycles. The lowest BCUT2D eigenvalue weighted by molar-refractivity contribution is -0.114. The molecule has 0 saturated heterocycles. The Kier molecular flexibility index (Phi) is 4.66. The van der Waals surface area contributed by atoms with Crippen LogP contribution in [0.5, 0.6) is 11.5 Å². The summed E-state index contributed by atoms with van der Waals surface area (Å²) in [5.74, 6) is 0.677. The lowest BCUT2D eigenvalue weighted by Gasteiger charge is -2.29. The van der Waals surface area contributed by atoms with Crippen LogP contribution in [-0.4, -0.2) is 27.0 Å². The molecule has 146 valence electrons. The summed E-state index contributed by atoms with van der Waals surface area (Å²) in [5, 5.41) is 16.3. The van der Waals surface area contributed by atoms with Crippen LogP contribution < -0.4 is 15.9 Å². The number of rotatable bonds is 4. The summed E-state index contributed by atoms with van der Waals surface area (Å²) in [6, 6.07) is 8.08. The molecule has 28 heavy (non-hydrogen) atoms. The number of phenolic OH excluding ortho intramolecular Hbond substituents is 1. The number of halogens is 1. The highest BCUT2D eigenvalue weighted by molar-refractivity contribution is 5.96. The highest BCUT2D eigenvalue weighted by atomic mass is 19.1. The number of ether oxygens (including phenoxy) is 1. The van der Waals surface area contributed by atoms with Gasteiger partial charge < -0.3 is 14.8 Å².